The summed E-state index contributed by atoms with van der Waals surface area (Å²) < 4.78 is 0. The molecule has 0 radical (unpaired) electrons. The third kappa shape index (κ3) is 3.01. The molecule has 0 amide bonds. The molecule has 0 bridgehead atoms. The second kappa shape index (κ2) is 6.16. The summed E-state index contributed by atoms with van der Waals surface area (Å²) >= 11 is 0. The molecule has 0 aliphatic heterocycles. The van der Waals surface area contributed by atoms with Crippen LogP contribution in [0.3, 0.4) is 0 Å². The first-order valence-corrected chi connectivity index (χ1v) is 9.06. The van der Waals surface area contributed by atoms with Gasteiger partial charge in [0.25, 0.3) is 0 Å². The molecule has 0 aromatic carbocycles. The van der Waals surface area contributed by atoms with E-state index in [1.54, 1.807) is 0 Å². The number of rotatable bonds is 3. The van der Waals surface area contributed by atoms with E-state index in [0.717, 1.165) is 23.4 Å². The molecule has 19 heavy (non-hydrogen) atoms. The lowest BCUT2D eigenvalue weighted by molar-refractivity contribution is 0.0126. The number of hydrogen-bond acceptors (Lipinski definition) is 1. The highest BCUT2D eigenvalue weighted by Crippen LogP contribution is 2.52. The molecule has 2 atom stereocenters. The predicted molar refractivity (Wildman–Crippen MR) is 82.3 cm³/mol. The normalized spacial score (nSPS) is 33.6. The first kappa shape index (κ1) is 13.9. The largest absolute Gasteiger partial charge is 0.311 e. The average molecular weight is 263 g/mol. The van der Waals surface area contributed by atoms with E-state index >= 15 is 0 Å². The van der Waals surface area contributed by atoms with Crippen LogP contribution in [0.4, 0.5) is 0 Å². The quantitative estimate of drug-likeness (QED) is 0.703. The second-order valence-electron chi connectivity index (χ2n) is 7.72. The molecule has 3 fully saturated rings. The van der Waals surface area contributed by atoms with Gasteiger partial charge in [0.2, 0.25) is 0 Å². The lowest BCUT2D eigenvalue weighted by Gasteiger charge is -2.54. The van der Waals surface area contributed by atoms with Gasteiger partial charge < -0.3 is 5.32 Å². The van der Waals surface area contributed by atoms with Crippen molar-refractivity contribution in [1.82, 2.24) is 5.32 Å². The molecule has 0 heterocycles. The fourth-order valence-corrected chi connectivity index (χ4v) is 5.08. The molecule has 1 heteroatoms. The van der Waals surface area contributed by atoms with Gasteiger partial charge in [0.05, 0.1) is 0 Å². The van der Waals surface area contributed by atoms with Crippen molar-refractivity contribution in [2.24, 2.45) is 11.3 Å². The molecule has 110 valence electrons. The molecule has 1 spiro atoms. The van der Waals surface area contributed by atoms with Gasteiger partial charge in [0, 0.05) is 12.1 Å². The number of nitrogens with one attached hydrogen (secondary N) is 1. The van der Waals surface area contributed by atoms with Crippen molar-refractivity contribution >= 4 is 0 Å². The van der Waals surface area contributed by atoms with Gasteiger partial charge >= 0.3 is 0 Å². The molecule has 1 N–H and O–H groups in total. The summed E-state index contributed by atoms with van der Waals surface area (Å²) in [6.07, 6.45) is 19.4. The Morgan fingerprint density at radius 3 is 2.00 bits per heavy atom. The summed E-state index contributed by atoms with van der Waals surface area (Å²) in [5, 5.41) is 4.07. The molecule has 3 aliphatic rings. The van der Waals surface area contributed by atoms with E-state index in [1.807, 2.05) is 0 Å². The average Bonchev–Trinajstić information content (AvgIpc) is 2.73. The van der Waals surface area contributed by atoms with Crippen LogP contribution >= 0.6 is 0 Å². The third-order valence-electron chi connectivity index (χ3n) is 6.59. The summed E-state index contributed by atoms with van der Waals surface area (Å²) in [5.74, 6) is 0.962. The minimum atomic E-state index is 0.733. The van der Waals surface area contributed by atoms with Crippen molar-refractivity contribution < 1.29 is 0 Å². The summed E-state index contributed by atoms with van der Waals surface area (Å²) in [5.41, 5.74) is 0.733. The van der Waals surface area contributed by atoms with Crippen LogP contribution in [0.15, 0.2) is 0 Å². The Balaban J connectivity index is 1.52. The van der Waals surface area contributed by atoms with Gasteiger partial charge in [0.1, 0.15) is 0 Å². The van der Waals surface area contributed by atoms with Crippen LogP contribution in [0.5, 0.6) is 0 Å². The summed E-state index contributed by atoms with van der Waals surface area (Å²) in [7, 11) is 0. The highest BCUT2D eigenvalue weighted by molar-refractivity contribution is 5.02. The molecular formula is C18H33N. The van der Waals surface area contributed by atoms with Gasteiger partial charge in [0.15, 0.2) is 0 Å². The molecule has 3 aliphatic carbocycles. The molecule has 0 aromatic heterocycles. The van der Waals surface area contributed by atoms with Gasteiger partial charge in [-0.05, 0) is 56.8 Å². The third-order valence-corrected chi connectivity index (χ3v) is 6.59. The van der Waals surface area contributed by atoms with Crippen LogP contribution < -0.4 is 5.32 Å². The Hall–Kier alpha value is -0.0400. The van der Waals surface area contributed by atoms with Crippen LogP contribution in [0.25, 0.3) is 0 Å². The van der Waals surface area contributed by atoms with Crippen molar-refractivity contribution in [2.75, 3.05) is 0 Å². The van der Waals surface area contributed by atoms with Crippen molar-refractivity contribution in [3.8, 4) is 0 Å². The maximum atomic E-state index is 4.07. The van der Waals surface area contributed by atoms with Gasteiger partial charge in [-0.1, -0.05) is 44.9 Å². The fraction of sp³-hybridized carbons (Fsp3) is 1.00. The summed E-state index contributed by atoms with van der Waals surface area (Å²) in [6.45, 7) is 2.48. The van der Waals surface area contributed by atoms with E-state index in [1.165, 1.54) is 83.5 Å². The van der Waals surface area contributed by atoms with Crippen molar-refractivity contribution in [3.63, 3.8) is 0 Å². The minimum Gasteiger partial charge on any atom is -0.311 e. The van der Waals surface area contributed by atoms with Gasteiger partial charge in [-0.25, -0.2) is 0 Å². The zero-order valence-electron chi connectivity index (χ0n) is 12.9. The van der Waals surface area contributed by atoms with Gasteiger partial charge in [-0.2, -0.15) is 0 Å². The van der Waals surface area contributed by atoms with E-state index in [-0.39, 0.29) is 0 Å². The molecule has 1 unspecified atom stereocenters. The van der Waals surface area contributed by atoms with Crippen LogP contribution in [-0.2, 0) is 0 Å². The monoisotopic (exact) mass is 263 g/mol. The molecule has 0 aromatic rings. The Morgan fingerprint density at radius 2 is 1.42 bits per heavy atom. The van der Waals surface area contributed by atoms with E-state index in [9.17, 15) is 0 Å². The molecule has 3 saturated carbocycles. The maximum absolute atomic E-state index is 4.07. The summed E-state index contributed by atoms with van der Waals surface area (Å²) in [4.78, 5) is 0. The Bertz CT molecular complexity index is 271. The highest BCUT2D eigenvalue weighted by atomic mass is 15.0. The second-order valence-corrected chi connectivity index (χ2v) is 7.72. The molecular weight excluding hydrogens is 230 g/mol. The lowest BCUT2D eigenvalue weighted by Crippen LogP contribution is -2.57. The van der Waals surface area contributed by atoms with Crippen LogP contribution in [-0.4, -0.2) is 12.1 Å². The van der Waals surface area contributed by atoms with Crippen molar-refractivity contribution in [3.05, 3.63) is 0 Å². The first-order valence-electron chi connectivity index (χ1n) is 9.06. The topological polar surface area (TPSA) is 12.0 Å². The first-order chi connectivity index (χ1) is 9.30. The molecule has 0 saturated heterocycles. The molecule has 3 rings (SSSR count). The Labute approximate surface area is 119 Å². The summed E-state index contributed by atoms with van der Waals surface area (Å²) in [6, 6.07) is 1.63. The predicted octanol–water partition coefficient (Wildman–Crippen LogP) is 5.05. The van der Waals surface area contributed by atoms with Crippen molar-refractivity contribution in [2.45, 2.75) is 102 Å². The zero-order valence-corrected chi connectivity index (χ0v) is 12.9. The van der Waals surface area contributed by atoms with E-state index < -0.39 is 0 Å². The van der Waals surface area contributed by atoms with Crippen LogP contribution in [0.2, 0.25) is 0 Å². The van der Waals surface area contributed by atoms with Crippen LogP contribution in [0.1, 0.15) is 90.4 Å². The Kier molecular flexibility index (Phi) is 4.51. The van der Waals surface area contributed by atoms with Gasteiger partial charge in [-0.15, -0.1) is 0 Å². The maximum Gasteiger partial charge on any atom is 0.0126 e. The van der Waals surface area contributed by atoms with Gasteiger partial charge in [-0.3, -0.25) is 0 Å². The number of hydrogen-bond donors (Lipinski definition) is 1. The van der Waals surface area contributed by atoms with E-state index in [4.69, 9.17) is 0 Å². The fourth-order valence-electron chi connectivity index (χ4n) is 5.08. The van der Waals surface area contributed by atoms with Crippen molar-refractivity contribution in [1.29, 1.82) is 0 Å². The Morgan fingerprint density at radius 1 is 0.789 bits per heavy atom. The SMILES string of the molecule is C[C@@H](NC1CCC12CCCCC2)C1CCCCCC1. The molecule has 1 nitrogen and oxygen atoms in total. The van der Waals surface area contributed by atoms with Crippen LogP contribution in [0, 0.1) is 11.3 Å². The zero-order chi connectivity index (χ0) is 13.1. The minimum absolute atomic E-state index is 0.733. The standard InChI is InChI=1S/C18H33N/c1-15(16-9-5-2-3-6-10-16)19-17-11-14-18(17)12-7-4-8-13-18/h15-17,19H,2-14H2,1H3/t15-,17?/m1/s1. The van der Waals surface area contributed by atoms with E-state index in [2.05, 4.69) is 12.2 Å². The van der Waals surface area contributed by atoms with E-state index in [0.29, 0.717) is 0 Å². The lowest BCUT2D eigenvalue weighted by atomic mass is 9.57. The highest BCUT2D eigenvalue weighted by Gasteiger charge is 2.47. The smallest absolute Gasteiger partial charge is 0.0126 e.